The van der Waals surface area contributed by atoms with Crippen molar-refractivity contribution in [2.75, 3.05) is 5.75 Å². The van der Waals surface area contributed by atoms with Crippen molar-refractivity contribution in [2.45, 2.75) is 17.4 Å². The van der Waals surface area contributed by atoms with Crippen molar-refractivity contribution in [1.82, 2.24) is 10.3 Å². The molecule has 1 atom stereocenters. The van der Waals surface area contributed by atoms with Crippen molar-refractivity contribution < 1.29 is 4.79 Å². The molecule has 0 saturated carbocycles. The molecule has 0 spiro atoms. The number of hydrogen-bond acceptors (Lipinski definition) is 3. The monoisotopic (exact) mass is 304 g/mol. The largest absolute Gasteiger partial charge is 0.344 e. The van der Waals surface area contributed by atoms with Crippen molar-refractivity contribution in [2.24, 2.45) is 0 Å². The lowest BCUT2D eigenvalue weighted by Gasteiger charge is -2.26. The minimum absolute atomic E-state index is 0.000504. The average Bonchev–Trinajstić information content (AvgIpc) is 2.49. The van der Waals surface area contributed by atoms with Gasteiger partial charge in [0.25, 0.3) is 5.91 Å². The fourth-order valence-corrected chi connectivity index (χ4v) is 3.53. The van der Waals surface area contributed by atoms with Crippen LogP contribution in [-0.2, 0) is 0 Å². The summed E-state index contributed by atoms with van der Waals surface area (Å²) in [5, 5.41) is 3.74. The van der Waals surface area contributed by atoms with E-state index in [-0.39, 0.29) is 11.9 Å². The first-order valence-electron chi connectivity index (χ1n) is 6.38. The molecule has 1 aliphatic rings. The summed E-state index contributed by atoms with van der Waals surface area (Å²) in [6, 6.07) is 11.2. The zero-order valence-corrected chi connectivity index (χ0v) is 12.2. The molecule has 0 aliphatic carbocycles. The van der Waals surface area contributed by atoms with Crippen LogP contribution in [0.2, 0.25) is 5.02 Å². The number of amides is 1. The maximum absolute atomic E-state index is 12.2. The molecule has 1 amide bonds. The smallest absolute Gasteiger partial charge is 0.270 e. The van der Waals surface area contributed by atoms with Gasteiger partial charge in [-0.3, -0.25) is 9.78 Å². The average molecular weight is 305 g/mol. The predicted octanol–water partition coefficient (Wildman–Crippen LogP) is 3.70. The number of hydrogen-bond donors (Lipinski definition) is 1. The molecule has 1 aromatic carbocycles. The Morgan fingerprint density at radius 3 is 3.05 bits per heavy atom. The van der Waals surface area contributed by atoms with Crippen molar-refractivity contribution in [3.05, 3.63) is 58.9 Å². The lowest BCUT2D eigenvalue weighted by molar-refractivity contribution is 0.0930. The summed E-state index contributed by atoms with van der Waals surface area (Å²) in [4.78, 5) is 17.5. The molecule has 0 saturated heterocycles. The topological polar surface area (TPSA) is 42.0 Å². The van der Waals surface area contributed by atoms with Crippen LogP contribution in [0.3, 0.4) is 0 Å². The second-order valence-corrected chi connectivity index (χ2v) is 6.13. The van der Waals surface area contributed by atoms with Gasteiger partial charge in [-0.1, -0.05) is 17.7 Å². The van der Waals surface area contributed by atoms with E-state index >= 15 is 0 Å². The molecule has 20 heavy (non-hydrogen) atoms. The second kappa shape index (κ2) is 5.85. The highest BCUT2D eigenvalue weighted by molar-refractivity contribution is 7.99. The van der Waals surface area contributed by atoms with Crippen LogP contribution in [0.15, 0.2) is 47.5 Å². The number of fused-ring (bicyclic) bond motifs is 1. The van der Waals surface area contributed by atoms with Crippen LogP contribution in [0.25, 0.3) is 0 Å². The number of carbonyl (C=O) groups is 1. The van der Waals surface area contributed by atoms with E-state index in [0.717, 1.165) is 17.7 Å². The Morgan fingerprint density at radius 1 is 1.35 bits per heavy atom. The Bertz CT molecular complexity index is 633. The van der Waals surface area contributed by atoms with E-state index in [4.69, 9.17) is 11.6 Å². The molecule has 3 rings (SSSR count). The number of benzene rings is 1. The molecule has 1 aromatic heterocycles. The summed E-state index contributed by atoms with van der Waals surface area (Å²) >= 11 is 7.86. The Hall–Kier alpha value is -1.52. The highest BCUT2D eigenvalue weighted by atomic mass is 35.5. The van der Waals surface area contributed by atoms with Crippen molar-refractivity contribution >= 4 is 29.3 Å². The van der Waals surface area contributed by atoms with Gasteiger partial charge in [0.05, 0.1) is 6.04 Å². The summed E-state index contributed by atoms with van der Waals surface area (Å²) in [5.41, 5.74) is 1.53. The third-order valence-corrected chi connectivity index (χ3v) is 4.57. The number of nitrogens with zero attached hydrogens (tertiary/aromatic N) is 1. The molecule has 0 bridgehead atoms. The molecule has 1 aliphatic heterocycles. The third kappa shape index (κ3) is 2.81. The number of halogens is 1. The molecule has 2 aromatic rings. The van der Waals surface area contributed by atoms with Gasteiger partial charge in [-0.25, -0.2) is 0 Å². The quantitative estimate of drug-likeness (QED) is 0.920. The van der Waals surface area contributed by atoms with Crippen molar-refractivity contribution in [1.29, 1.82) is 0 Å². The summed E-state index contributed by atoms with van der Waals surface area (Å²) < 4.78 is 0. The van der Waals surface area contributed by atoms with Gasteiger partial charge in [-0.2, -0.15) is 0 Å². The highest BCUT2D eigenvalue weighted by Gasteiger charge is 2.23. The first-order valence-corrected chi connectivity index (χ1v) is 7.74. The zero-order chi connectivity index (χ0) is 13.9. The van der Waals surface area contributed by atoms with Gasteiger partial charge < -0.3 is 5.32 Å². The van der Waals surface area contributed by atoms with E-state index in [1.807, 2.05) is 24.3 Å². The van der Waals surface area contributed by atoms with Gasteiger partial charge in [0.1, 0.15) is 5.69 Å². The Morgan fingerprint density at radius 2 is 2.25 bits per heavy atom. The number of rotatable bonds is 2. The van der Waals surface area contributed by atoms with Gasteiger partial charge in [-0.15, -0.1) is 11.8 Å². The standard InChI is InChI=1S/C15H13ClN2OS/c16-10-4-5-14-11(9-10)12(6-8-20-14)18-15(19)13-3-1-2-7-17-13/h1-5,7,9,12H,6,8H2,(H,18,19)/t12-/m0/s1. The maximum atomic E-state index is 12.2. The van der Waals surface area contributed by atoms with Crippen LogP contribution in [0.4, 0.5) is 0 Å². The number of pyridine rings is 1. The molecule has 2 heterocycles. The van der Waals surface area contributed by atoms with Gasteiger partial charge >= 0.3 is 0 Å². The van der Waals surface area contributed by atoms with E-state index in [1.54, 1.807) is 30.1 Å². The van der Waals surface area contributed by atoms with Gasteiger partial charge in [-0.05, 0) is 42.3 Å². The Balaban J connectivity index is 1.83. The number of nitrogens with one attached hydrogen (secondary N) is 1. The van der Waals surface area contributed by atoms with Crippen LogP contribution >= 0.6 is 23.4 Å². The van der Waals surface area contributed by atoms with Gasteiger partial charge in [0.15, 0.2) is 0 Å². The van der Waals surface area contributed by atoms with E-state index in [1.165, 1.54) is 4.90 Å². The van der Waals surface area contributed by atoms with E-state index < -0.39 is 0 Å². The maximum Gasteiger partial charge on any atom is 0.270 e. The first kappa shape index (κ1) is 13.5. The summed E-state index contributed by atoms with van der Waals surface area (Å²) in [5.74, 6) is 0.843. The minimum atomic E-state index is -0.145. The van der Waals surface area contributed by atoms with Crippen LogP contribution in [0, 0.1) is 0 Å². The van der Waals surface area contributed by atoms with Crippen molar-refractivity contribution in [3.8, 4) is 0 Å². The zero-order valence-electron chi connectivity index (χ0n) is 10.7. The molecule has 5 heteroatoms. The molecular formula is C15H13ClN2OS. The third-order valence-electron chi connectivity index (χ3n) is 3.21. The van der Waals surface area contributed by atoms with Crippen LogP contribution < -0.4 is 5.32 Å². The lowest BCUT2D eigenvalue weighted by Crippen LogP contribution is -2.31. The van der Waals surface area contributed by atoms with E-state index in [0.29, 0.717) is 10.7 Å². The van der Waals surface area contributed by atoms with Crippen molar-refractivity contribution in [3.63, 3.8) is 0 Å². The summed E-state index contributed by atoms with van der Waals surface area (Å²) in [7, 11) is 0. The summed E-state index contributed by atoms with van der Waals surface area (Å²) in [6.45, 7) is 0. The SMILES string of the molecule is O=C(N[C@H]1CCSc2ccc(Cl)cc21)c1ccccn1. The summed E-state index contributed by atoms with van der Waals surface area (Å²) in [6.07, 6.45) is 2.52. The predicted molar refractivity (Wildman–Crippen MR) is 81.2 cm³/mol. The number of aromatic nitrogens is 1. The van der Waals surface area contributed by atoms with Gasteiger partial charge in [0.2, 0.25) is 0 Å². The van der Waals surface area contributed by atoms with Crippen LogP contribution in [-0.4, -0.2) is 16.6 Å². The molecule has 0 unspecified atom stereocenters. The Kier molecular flexibility index (Phi) is 3.94. The minimum Gasteiger partial charge on any atom is -0.344 e. The molecule has 102 valence electrons. The molecule has 0 radical (unpaired) electrons. The van der Waals surface area contributed by atoms with E-state index in [9.17, 15) is 4.79 Å². The molecule has 3 nitrogen and oxygen atoms in total. The normalized spacial score (nSPS) is 17.4. The molecular weight excluding hydrogens is 292 g/mol. The molecule has 0 fully saturated rings. The fourth-order valence-electron chi connectivity index (χ4n) is 2.24. The first-order chi connectivity index (χ1) is 9.74. The van der Waals surface area contributed by atoms with Crippen LogP contribution in [0.5, 0.6) is 0 Å². The number of thioether (sulfide) groups is 1. The Labute approximate surface area is 126 Å². The van der Waals surface area contributed by atoms with Gasteiger partial charge in [0, 0.05) is 21.9 Å². The second-order valence-electron chi connectivity index (χ2n) is 4.56. The lowest BCUT2D eigenvalue weighted by atomic mass is 10.0. The van der Waals surface area contributed by atoms with Crippen LogP contribution in [0.1, 0.15) is 28.5 Å². The molecule has 1 N–H and O–H groups in total. The fraction of sp³-hybridized carbons (Fsp3) is 0.200. The highest BCUT2D eigenvalue weighted by Crippen LogP contribution is 2.37. The number of carbonyl (C=O) groups excluding carboxylic acids is 1. The van der Waals surface area contributed by atoms with E-state index in [2.05, 4.69) is 10.3 Å².